The van der Waals surface area contributed by atoms with Gasteiger partial charge in [0, 0.05) is 26.2 Å². The Morgan fingerprint density at radius 3 is 2.37 bits per heavy atom. The molecule has 0 radical (unpaired) electrons. The Labute approximate surface area is 159 Å². The summed E-state index contributed by atoms with van der Waals surface area (Å²) in [5.74, 6) is 0. The number of rotatable bonds is 3. The molecule has 0 amide bonds. The van der Waals surface area contributed by atoms with Crippen molar-refractivity contribution in [3.63, 3.8) is 0 Å². The number of benzene rings is 2. The molecule has 1 aliphatic heterocycles. The highest BCUT2D eigenvalue weighted by Crippen LogP contribution is 2.33. The van der Waals surface area contributed by atoms with Crippen LogP contribution in [0.4, 0.5) is 5.69 Å². The molecule has 1 fully saturated rings. The first kappa shape index (κ1) is 17.9. The number of sulfone groups is 1. The number of hydrogen-bond acceptors (Lipinski definition) is 6. The Balaban J connectivity index is 1.82. The second-order valence-electron chi connectivity index (χ2n) is 6.91. The van der Waals surface area contributed by atoms with Crippen LogP contribution in [0.3, 0.4) is 0 Å². The molecule has 0 saturated carbocycles. The number of piperazine rings is 1. The number of hydrogen-bond donors (Lipinski definition) is 0. The van der Waals surface area contributed by atoms with Gasteiger partial charge in [-0.25, -0.2) is 13.4 Å². The monoisotopic (exact) mass is 382 g/mol. The van der Waals surface area contributed by atoms with Gasteiger partial charge in [0.1, 0.15) is 0 Å². The van der Waals surface area contributed by atoms with Gasteiger partial charge in [-0.15, -0.1) is 0 Å². The van der Waals surface area contributed by atoms with Crippen LogP contribution in [0.5, 0.6) is 0 Å². The molecule has 2 heterocycles. The van der Waals surface area contributed by atoms with E-state index in [0.29, 0.717) is 15.9 Å². The van der Waals surface area contributed by atoms with Crippen molar-refractivity contribution in [1.82, 2.24) is 14.9 Å². The van der Waals surface area contributed by atoms with Gasteiger partial charge >= 0.3 is 0 Å². The lowest BCUT2D eigenvalue weighted by Gasteiger charge is -2.35. The summed E-state index contributed by atoms with van der Waals surface area (Å²) >= 11 is 0. The fraction of sp³-hybridized carbons (Fsp3) is 0.300. The van der Waals surface area contributed by atoms with Crippen molar-refractivity contribution in [2.75, 3.05) is 38.1 Å². The highest BCUT2D eigenvalue weighted by Gasteiger charge is 2.28. The third-order valence-corrected chi connectivity index (χ3v) is 6.67. The highest BCUT2D eigenvalue weighted by molar-refractivity contribution is 7.91. The van der Waals surface area contributed by atoms with E-state index < -0.39 is 9.84 Å². The van der Waals surface area contributed by atoms with Gasteiger partial charge < -0.3 is 9.80 Å². The van der Waals surface area contributed by atoms with Crippen molar-refractivity contribution in [1.29, 1.82) is 0 Å². The van der Waals surface area contributed by atoms with Crippen LogP contribution in [0.15, 0.2) is 58.6 Å². The Morgan fingerprint density at radius 2 is 1.63 bits per heavy atom. The molecule has 1 aliphatic rings. The van der Waals surface area contributed by atoms with E-state index >= 15 is 0 Å². The normalized spacial score (nSPS) is 16.0. The van der Waals surface area contributed by atoms with Crippen LogP contribution in [-0.4, -0.2) is 56.5 Å². The Kier molecular flexibility index (Phi) is 4.57. The summed E-state index contributed by atoms with van der Waals surface area (Å²) < 4.78 is 26.8. The smallest absolute Gasteiger partial charge is 0.227 e. The quantitative estimate of drug-likeness (QED) is 0.693. The Morgan fingerprint density at radius 1 is 0.926 bits per heavy atom. The fourth-order valence-electron chi connectivity index (χ4n) is 3.47. The first-order valence-electron chi connectivity index (χ1n) is 8.97. The van der Waals surface area contributed by atoms with Gasteiger partial charge in [0.2, 0.25) is 9.84 Å². The second kappa shape index (κ2) is 6.90. The third kappa shape index (κ3) is 3.28. The van der Waals surface area contributed by atoms with Crippen molar-refractivity contribution in [2.45, 2.75) is 16.8 Å². The molecule has 27 heavy (non-hydrogen) atoms. The molecule has 1 saturated heterocycles. The van der Waals surface area contributed by atoms with E-state index in [1.54, 1.807) is 18.2 Å². The average Bonchev–Trinajstić information content (AvgIpc) is 2.68. The predicted octanol–water partition coefficient (Wildman–Crippen LogP) is 2.52. The summed E-state index contributed by atoms with van der Waals surface area (Å²) in [7, 11) is -1.69. The number of aryl methyl sites for hydroxylation is 1. The van der Waals surface area contributed by atoms with Gasteiger partial charge in [-0.2, -0.15) is 0 Å². The van der Waals surface area contributed by atoms with E-state index in [0.717, 1.165) is 37.4 Å². The molecule has 4 rings (SSSR count). The first-order chi connectivity index (χ1) is 13.0. The lowest BCUT2D eigenvalue weighted by molar-refractivity contribution is 0.312. The zero-order valence-corrected chi connectivity index (χ0v) is 16.3. The number of fused-ring (bicyclic) bond motifs is 1. The van der Waals surface area contributed by atoms with Crippen LogP contribution in [0.1, 0.15) is 5.56 Å². The van der Waals surface area contributed by atoms with Crippen LogP contribution in [0.25, 0.3) is 11.0 Å². The van der Waals surface area contributed by atoms with Gasteiger partial charge in [0.05, 0.1) is 27.8 Å². The van der Waals surface area contributed by atoms with Crippen molar-refractivity contribution < 1.29 is 8.42 Å². The highest BCUT2D eigenvalue weighted by atomic mass is 32.2. The van der Waals surface area contributed by atoms with Crippen molar-refractivity contribution in [3.8, 4) is 0 Å². The summed E-state index contributed by atoms with van der Waals surface area (Å²) in [6, 6.07) is 12.7. The van der Waals surface area contributed by atoms with Gasteiger partial charge in [-0.1, -0.05) is 24.3 Å². The largest absolute Gasteiger partial charge is 0.368 e. The second-order valence-corrected chi connectivity index (χ2v) is 8.78. The summed E-state index contributed by atoms with van der Waals surface area (Å²) in [5, 5.41) is -0.0119. The minimum Gasteiger partial charge on any atom is -0.368 e. The van der Waals surface area contributed by atoms with E-state index in [9.17, 15) is 8.42 Å². The first-order valence-corrected chi connectivity index (χ1v) is 10.4. The number of likely N-dealkylation sites (N-methyl/N-ethyl adjacent to an activating group) is 1. The fourth-order valence-corrected chi connectivity index (χ4v) is 4.90. The summed E-state index contributed by atoms with van der Waals surface area (Å²) in [6.07, 6.45) is 1.35. The molecule has 0 atom stereocenters. The van der Waals surface area contributed by atoms with Gasteiger partial charge in [0.15, 0.2) is 5.03 Å². The Bertz CT molecular complexity index is 1090. The van der Waals surface area contributed by atoms with Crippen LogP contribution >= 0.6 is 0 Å². The third-order valence-electron chi connectivity index (χ3n) is 5.01. The lowest BCUT2D eigenvalue weighted by Crippen LogP contribution is -2.45. The SMILES string of the molecule is Cc1cccc(S(=O)(=O)c2cnc3ccccc3n2)c1N1CCN(C)CC1. The lowest BCUT2D eigenvalue weighted by atomic mass is 10.1. The number of anilines is 1. The van der Waals surface area contributed by atoms with Gasteiger partial charge in [0.25, 0.3) is 0 Å². The van der Waals surface area contributed by atoms with E-state index in [1.165, 1.54) is 6.20 Å². The molecule has 0 unspecified atom stereocenters. The van der Waals surface area contributed by atoms with Crippen LogP contribution in [-0.2, 0) is 9.84 Å². The van der Waals surface area contributed by atoms with E-state index in [-0.39, 0.29) is 5.03 Å². The van der Waals surface area contributed by atoms with Crippen molar-refractivity contribution in [3.05, 3.63) is 54.2 Å². The topological polar surface area (TPSA) is 66.4 Å². The van der Waals surface area contributed by atoms with E-state index in [4.69, 9.17) is 0 Å². The maximum absolute atomic E-state index is 13.4. The molecular formula is C20H22N4O2S. The standard InChI is InChI=1S/C20H22N4O2S/c1-15-6-5-9-18(20(15)24-12-10-23(2)11-13-24)27(25,26)19-14-21-16-7-3-4-8-17(16)22-19/h3-9,14H,10-13H2,1-2H3. The number of aromatic nitrogens is 2. The molecule has 1 aromatic heterocycles. The van der Waals surface area contributed by atoms with Crippen LogP contribution in [0, 0.1) is 6.92 Å². The molecule has 3 aromatic rings. The zero-order chi connectivity index (χ0) is 19.0. The van der Waals surface area contributed by atoms with Gasteiger partial charge in [-0.3, -0.25) is 4.98 Å². The van der Waals surface area contributed by atoms with Crippen molar-refractivity contribution in [2.24, 2.45) is 0 Å². The summed E-state index contributed by atoms with van der Waals surface area (Å²) in [4.78, 5) is 13.4. The molecule has 0 N–H and O–H groups in total. The minimum absolute atomic E-state index is 0.0119. The van der Waals surface area contributed by atoms with E-state index in [1.807, 2.05) is 31.2 Å². The maximum Gasteiger partial charge on any atom is 0.227 e. The van der Waals surface area contributed by atoms with Crippen LogP contribution < -0.4 is 4.90 Å². The van der Waals surface area contributed by atoms with E-state index in [2.05, 4.69) is 26.8 Å². The number of para-hydroxylation sites is 3. The molecule has 0 aliphatic carbocycles. The zero-order valence-electron chi connectivity index (χ0n) is 15.5. The molecule has 6 nitrogen and oxygen atoms in total. The molecule has 7 heteroatoms. The molecule has 0 spiro atoms. The van der Waals surface area contributed by atoms with Gasteiger partial charge in [-0.05, 0) is 37.7 Å². The molecule has 140 valence electrons. The molecular weight excluding hydrogens is 360 g/mol. The minimum atomic E-state index is -3.78. The summed E-state index contributed by atoms with van der Waals surface area (Å²) in [6.45, 7) is 5.37. The summed E-state index contributed by atoms with van der Waals surface area (Å²) in [5.41, 5.74) is 2.99. The van der Waals surface area contributed by atoms with Crippen LogP contribution in [0.2, 0.25) is 0 Å². The molecule has 2 aromatic carbocycles. The maximum atomic E-state index is 13.4. The average molecular weight is 382 g/mol. The molecule has 0 bridgehead atoms. The predicted molar refractivity (Wildman–Crippen MR) is 106 cm³/mol. The Hall–Kier alpha value is -2.51. The number of nitrogens with zero attached hydrogens (tertiary/aromatic N) is 4. The van der Waals surface area contributed by atoms with Crippen molar-refractivity contribution >= 4 is 26.6 Å².